The Bertz CT molecular complexity index is 2860. The number of sulfone groups is 1. The number of anilines is 3. The summed E-state index contributed by atoms with van der Waals surface area (Å²) in [6.07, 6.45) is 0.992. The average molecular weight is 971 g/mol. The monoisotopic (exact) mass is 970 g/mol. The lowest BCUT2D eigenvalue weighted by atomic mass is 9.94. The number of aromatic nitrogens is 2. The van der Waals surface area contributed by atoms with Crippen LogP contribution < -0.4 is 25.6 Å². The summed E-state index contributed by atoms with van der Waals surface area (Å²) in [5.74, 6) is -1.16. The van der Waals surface area contributed by atoms with Crippen LogP contribution in [0.25, 0.3) is 10.2 Å². The van der Waals surface area contributed by atoms with Gasteiger partial charge in [-0.05, 0) is 72.5 Å². The van der Waals surface area contributed by atoms with Crippen LogP contribution in [0.3, 0.4) is 0 Å². The molecule has 0 spiro atoms. The van der Waals surface area contributed by atoms with Crippen LogP contribution in [0.5, 0.6) is 0 Å². The van der Waals surface area contributed by atoms with E-state index in [0.717, 1.165) is 75.9 Å². The van der Waals surface area contributed by atoms with Crippen molar-refractivity contribution in [1.29, 1.82) is 0 Å². The lowest BCUT2D eigenvalue weighted by Gasteiger charge is -2.29. The third-order valence-corrected chi connectivity index (χ3v) is 16.6. The summed E-state index contributed by atoms with van der Waals surface area (Å²) in [6.45, 7) is 4.42. The highest BCUT2D eigenvalue weighted by atomic mass is 32.2. The largest absolute Gasteiger partial charge is 0.501 e. The van der Waals surface area contributed by atoms with Crippen LogP contribution in [0.2, 0.25) is 0 Å². The van der Waals surface area contributed by atoms with Gasteiger partial charge in [0.15, 0.2) is 10.3 Å². The summed E-state index contributed by atoms with van der Waals surface area (Å²) in [5, 5.41) is 11.3. The van der Waals surface area contributed by atoms with Crippen LogP contribution in [0.15, 0.2) is 111 Å². The summed E-state index contributed by atoms with van der Waals surface area (Å²) < 4.78 is 98.7. The van der Waals surface area contributed by atoms with Crippen molar-refractivity contribution in [2.45, 2.75) is 45.6 Å². The van der Waals surface area contributed by atoms with Gasteiger partial charge < -0.3 is 20.4 Å². The van der Waals surface area contributed by atoms with Crippen molar-refractivity contribution in [3.05, 3.63) is 119 Å². The Morgan fingerprint density at radius 3 is 2.42 bits per heavy atom. The van der Waals surface area contributed by atoms with Crippen molar-refractivity contribution in [3.63, 3.8) is 0 Å². The van der Waals surface area contributed by atoms with E-state index in [2.05, 4.69) is 30.8 Å². The fourth-order valence-electron chi connectivity index (χ4n) is 7.33. The van der Waals surface area contributed by atoms with Crippen molar-refractivity contribution in [2.24, 2.45) is 0 Å². The summed E-state index contributed by atoms with van der Waals surface area (Å²) in [6, 6.07) is 24.1. The van der Waals surface area contributed by atoms with Crippen LogP contribution in [0.4, 0.5) is 29.1 Å². The molecule has 8 rings (SSSR count). The second-order valence-electron chi connectivity index (χ2n) is 15.0. The Morgan fingerprint density at radius 2 is 1.66 bits per heavy atom. The van der Waals surface area contributed by atoms with Crippen LogP contribution in [0, 0.1) is 0 Å². The van der Waals surface area contributed by atoms with Gasteiger partial charge in [-0.3, -0.25) is 14.9 Å². The van der Waals surface area contributed by atoms with Crippen molar-refractivity contribution < 1.29 is 39.6 Å². The van der Waals surface area contributed by atoms with E-state index in [0.29, 0.717) is 53.6 Å². The van der Waals surface area contributed by atoms with Gasteiger partial charge in [-0.15, -0.1) is 23.1 Å². The molecule has 2 aromatic heterocycles. The van der Waals surface area contributed by atoms with E-state index in [9.17, 15) is 39.6 Å². The fraction of sp³-hybridized carbons (Fsp3) is 0.286. The number of benzene rings is 4. The highest BCUT2D eigenvalue weighted by molar-refractivity contribution is 7.99. The van der Waals surface area contributed by atoms with E-state index in [1.807, 2.05) is 70.3 Å². The normalized spacial score (nSPS) is 15.4. The maximum Gasteiger partial charge on any atom is 0.501 e. The number of piperazine rings is 1. The molecule has 2 amide bonds. The van der Waals surface area contributed by atoms with E-state index >= 15 is 0 Å². The smallest absolute Gasteiger partial charge is 0.380 e. The maximum absolute atomic E-state index is 14.2. The standard InChI is InChI=1S/C42H41F3N8O6S5/c43-42(44,45)63(56,57)37-23-30(13-14-34(37)47-28(16-19-52-21-17-46-18-22-52)25-60-29-8-2-1-3-9-29)64(58,59)51-39(55)35-26-61-41(49-35)53-20-15-27-7-6-10-31(32(27)24-53)38(54)50-40-48-33-11-4-5-12-36(33)62-40/h1-14,23,26,28,46-47H,15-22,24-25H2,(H,51,55)(H,48,50,54)/t28-/m1/s1. The molecule has 0 unspecified atom stereocenters. The Kier molecular flexibility index (Phi) is 13.6. The summed E-state index contributed by atoms with van der Waals surface area (Å²) in [4.78, 5) is 38.6. The molecule has 1 atom stereocenters. The number of halogens is 3. The summed E-state index contributed by atoms with van der Waals surface area (Å²) >= 11 is 3.86. The van der Waals surface area contributed by atoms with Gasteiger partial charge in [0, 0.05) is 73.4 Å². The third-order valence-electron chi connectivity index (χ3n) is 10.7. The van der Waals surface area contributed by atoms with Gasteiger partial charge in [0.05, 0.1) is 20.8 Å². The molecule has 0 bridgehead atoms. The van der Waals surface area contributed by atoms with Crippen molar-refractivity contribution >= 4 is 92.3 Å². The van der Waals surface area contributed by atoms with Gasteiger partial charge in [0.1, 0.15) is 10.6 Å². The average Bonchev–Trinajstić information content (AvgIpc) is 3.95. The van der Waals surface area contributed by atoms with Crippen LogP contribution in [-0.2, 0) is 32.8 Å². The number of nitrogens with zero attached hydrogens (tertiary/aromatic N) is 4. The Hall–Kier alpha value is -5.10. The predicted molar refractivity (Wildman–Crippen MR) is 244 cm³/mol. The maximum atomic E-state index is 14.2. The number of alkyl halides is 3. The number of thioether (sulfide) groups is 1. The molecule has 0 aliphatic carbocycles. The molecule has 64 heavy (non-hydrogen) atoms. The highest BCUT2D eigenvalue weighted by Gasteiger charge is 2.48. The van der Waals surface area contributed by atoms with E-state index < -0.39 is 52.8 Å². The second kappa shape index (κ2) is 19.2. The minimum absolute atomic E-state index is 0.254. The molecule has 4 aromatic carbocycles. The number of thiazole rings is 2. The number of amides is 2. The number of hydrogen-bond acceptors (Lipinski definition) is 15. The zero-order valence-corrected chi connectivity index (χ0v) is 37.9. The zero-order valence-electron chi connectivity index (χ0n) is 33.8. The first kappa shape index (κ1) is 45.5. The lowest BCUT2D eigenvalue weighted by molar-refractivity contribution is -0.0436. The van der Waals surface area contributed by atoms with Gasteiger partial charge in [-0.25, -0.2) is 31.5 Å². The number of carbonyl (C=O) groups excluding carboxylic acids is 2. The first-order valence-electron chi connectivity index (χ1n) is 20.0. The minimum Gasteiger partial charge on any atom is -0.380 e. The number of fused-ring (bicyclic) bond motifs is 2. The van der Waals surface area contributed by atoms with E-state index in [-0.39, 0.29) is 18.1 Å². The van der Waals surface area contributed by atoms with Crippen molar-refractivity contribution in [2.75, 3.05) is 60.6 Å². The van der Waals surface area contributed by atoms with Gasteiger partial charge in [-0.2, -0.15) is 13.2 Å². The van der Waals surface area contributed by atoms with Crippen LogP contribution >= 0.6 is 34.4 Å². The number of para-hydroxylation sites is 1. The Balaban J connectivity index is 0.984. The van der Waals surface area contributed by atoms with Gasteiger partial charge >= 0.3 is 5.51 Å². The number of carbonyl (C=O) groups is 2. The zero-order chi connectivity index (χ0) is 45.1. The first-order chi connectivity index (χ1) is 30.6. The fourth-order valence-corrected chi connectivity index (χ4v) is 12.0. The summed E-state index contributed by atoms with van der Waals surface area (Å²) in [7, 11) is -11.0. The van der Waals surface area contributed by atoms with Crippen molar-refractivity contribution in [1.82, 2.24) is 24.9 Å². The van der Waals surface area contributed by atoms with Crippen LogP contribution in [-0.4, -0.2) is 100 Å². The van der Waals surface area contributed by atoms with Gasteiger partial charge in [-0.1, -0.05) is 53.8 Å². The molecular formula is C42H41F3N8O6S5. The van der Waals surface area contributed by atoms with E-state index in [4.69, 9.17) is 0 Å². The molecule has 2 aliphatic heterocycles. The molecule has 336 valence electrons. The number of rotatable bonds is 15. The van der Waals surface area contributed by atoms with Gasteiger partial charge in [0.2, 0.25) is 0 Å². The lowest BCUT2D eigenvalue weighted by Crippen LogP contribution is -2.44. The summed E-state index contributed by atoms with van der Waals surface area (Å²) in [5.41, 5.74) is -3.57. The Labute approximate surface area is 379 Å². The van der Waals surface area contributed by atoms with E-state index in [1.165, 1.54) is 28.5 Å². The quantitative estimate of drug-likeness (QED) is 0.0786. The molecule has 4 heterocycles. The van der Waals surface area contributed by atoms with Gasteiger partial charge in [0.25, 0.3) is 31.7 Å². The molecule has 14 nitrogen and oxygen atoms in total. The second-order valence-corrected chi connectivity index (χ2v) is 21.5. The molecular weight excluding hydrogens is 930 g/mol. The predicted octanol–water partition coefficient (Wildman–Crippen LogP) is 6.85. The van der Waals surface area contributed by atoms with E-state index in [1.54, 1.807) is 12.1 Å². The van der Waals surface area contributed by atoms with Crippen molar-refractivity contribution in [3.8, 4) is 0 Å². The SMILES string of the molecule is O=C(NS(=O)(=O)c1ccc(N[C@H](CCN2CCNCC2)CSc2ccccc2)c(S(=O)(=O)C(F)(F)F)c1)c1csc(N2CCc3cccc(C(=O)Nc4nc5ccccc5s4)c3C2)n1. The topological polar surface area (TPSA) is 183 Å². The third kappa shape index (κ3) is 10.4. The molecule has 2 aliphatic rings. The van der Waals surface area contributed by atoms with Crippen LogP contribution in [0.1, 0.15) is 38.4 Å². The molecule has 1 saturated heterocycles. The molecule has 22 heteroatoms. The molecule has 6 aromatic rings. The molecule has 4 N–H and O–H groups in total. The minimum atomic E-state index is -6.09. The Morgan fingerprint density at radius 1 is 0.891 bits per heavy atom. The number of nitrogens with one attached hydrogen (secondary N) is 4. The highest BCUT2D eigenvalue weighted by Crippen LogP contribution is 2.37. The number of hydrogen-bond donors (Lipinski definition) is 4. The molecule has 0 radical (unpaired) electrons. The number of sulfonamides is 1. The molecule has 0 saturated carbocycles. The molecule has 1 fully saturated rings. The first-order valence-corrected chi connectivity index (χ1v) is 25.7.